The van der Waals surface area contributed by atoms with Crippen molar-refractivity contribution >= 4 is 33.2 Å². The van der Waals surface area contributed by atoms with Gasteiger partial charge in [-0.3, -0.25) is 13.9 Å². The topological polar surface area (TPSA) is 105 Å². The second kappa shape index (κ2) is 12.5. The summed E-state index contributed by atoms with van der Waals surface area (Å²) < 4.78 is 32.4. The average molecular weight is 558 g/mol. The van der Waals surface area contributed by atoms with Gasteiger partial charge in [0.05, 0.1) is 29.2 Å². The van der Waals surface area contributed by atoms with Crippen LogP contribution in [0.4, 0.5) is 11.4 Å². The molecule has 2 atom stereocenters. The van der Waals surface area contributed by atoms with E-state index >= 15 is 0 Å². The molecule has 0 spiro atoms. The number of ether oxygens (including phenoxy) is 1. The molecule has 206 valence electrons. The summed E-state index contributed by atoms with van der Waals surface area (Å²) >= 11 is 0. The molecule has 0 saturated carbocycles. The number of carbonyl (C=O) groups excluding carboxylic acids is 2. The molecule has 4 aromatic carbocycles. The molecule has 2 N–H and O–H groups in total. The van der Waals surface area contributed by atoms with Crippen LogP contribution in [-0.2, 0) is 14.8 Å². The zero-order valence-corrected chi connectivity index (χ0v) is 23.3. The van der Waals surface area contributed by atoms with Gasteiger partial charge in [-0.25, -0.2) is 8.42 Å². The van der Waals surface area contributed by atoms with E-state index in [9.17, 15) is 18.0 Å². The van der Waals surface area contributed by atoms with E-state index in [0.29, 0.717) is 17.2 Å². The van der Waals surface area contributed by atoms with E-state index < -0.39 is 22.0 Å². The van der Waals surface area contributed by atoms with Gasteiger partial charge in [-0.15, -0.1) is 0 Å². The highest BCUT2D eigenvalue weighted by molar-refractivity contribution is 7.92. The number of para-hydroxylation sites is 2. The van der Waals surface area contributed by atoms with Gasteiger partial charge >= 0.3 is 0 Å². The number of sulfonamides is 1. The summed E-state index contributed by atoms with van der Waals surface area (Å²) in [6, 6.07) is 30.4. The Morgan fingerprint density at radius 1 is 0.750 bits per heavy atom. The van der Waals surface area contributed by atoms with Crippen molar-refractivity contribution in [3.05, 3.63) is 120 Å². The van der Waals surface area contributed by atoms with Crippen molar-refractivity contribution in [2.45, 2.75) is 25.9 Å². The molecule has 0 aliphatic rings. The fourth-order valence-corrected chi connectivity index (χ4v) is 5.40. The second-order valence-corrected chi connectivity index (χ2v) is 11.1. The van der Waals surface area contributed by atoms with E-state index in [0.717, 1.165) is 16.1 Å². The summed E-state index contributed by atoms with van der Waals surface area (Å²) in [5.74, 6) is 0.203. The van der Waals surface area contributed by atoms with E-state index in [1.165, 1.54) is 6.92 Å². The highest BCUT2D eigenvalue weighted by Gasteiger charge is 2.30. The lowest BCUT2D eigenvalue weighted by Crippen LogP contribution is -2.45. The van der Waals surface area contributed by atoms with Gasteiger partial charge in [-0.2, -0.15) is 0 Å². The summed E-state index contributed by atoms with van der Waals surface area (Å²) in [6.45, 7) is 3.36. The Kier molecular flexibility index (Phi) is 8.86. The van der Waals surface area contributed by atoms with Crippen LogP contribution in [-0.4, -0.2) is 32.5 Å². The van der Waals surface area contributed by atoms with E-state index in [2.05, 4.69) is 10.6 Å². The van der Waals surface area contributed by atoms with Crippen LogP contribution in [0.3, 0.4) is 0 Å². The molecule has 0 heterocycles. The first kappa shape index (κ1) is 28.4. The molecule has 0 fully saturated rings. The molecule has 8 nitrogen and oxygen atoms in total. The van der Waals surface area contributed by atoms with Crippen LogP contribution in [0, 0.1) is 0 Å². The first-order valence-corrected chi connectivity index (χ1v) is 14.6. The van der Waals surface area contributed by atoms with Crippen LogP contribution in [0.5, 0.6) is 11.5 Å². The Bertz CT molecular complexity index is 1560. The normalized spacial score (nSPS) is 12.6. The molecule has 9 heteroatoms. The van der Waals surface area contributed by atoms with Gasteiger partial charge in [-0.05, 0) is 67.9 Å². The summed E-state index contributed by atoms with van der Waals surface area (Å²) in [7, 11) is -3.85. The molecule has 0 unspecified atom stereocenters. The molecule has 0 aromatic heterocycles. The van der Waals surface area contributed by atoms with Crippen molar-refractivity contribution in [2.75, 3.05) is 15.9 Å². The van der Waals surface area contributed by atoms with Gasteiger partial charge in [0.25, 0.3) is 5.91 Å². The van der Waals surface area contributed by atoms with E-state index in [1.807, 2.05) is 67.6 Å². The molecule has 2 amide bonds. The Labute approximate surface area is 234 Å². The summed E-state index contributed by atoms with van der Waals surface area (Å²) in [5.41, 5.74) is 1.78. The van der Waals surface area contributed by atoms with Crippen molar-refractivity contribution in [1.29, 1.82) is 0 Å². The molecule has 4 rings (SSSR count). The Morgan fingerprint density at radius 2 is 1.30 bits per heavy atom. The molecule has 0 aliphatic heterocycles. The zero-order chi connectivity index (χ0) is 28.7. The molecular formula is C31H31N3O5S. The highest BCUT2D eigenvalue weighted by Crippen LogP contribution is 2.27. The van der Waals surface area contributed by atoms with Gasteiger partial charge < -0.3 is 15.4 Å². The molecule has 40 heavy (non-hydrogen) atoms. The van der Waals surface area contributed by atoms with Crippen LogP contribution in [0.15, 0.2) is 109 Å². The second-order valence-electron chi connectivity index (χ2n) is 9.28. The Hall–Kier alpha value is -4.63. The van der Waals surface area contributed by atoms with Crippen molar-refractivity contribution < 1.29 is 22.7 Å². The van der Waals surface area contributed by atoms with Crippen molar-refractivity contribution in [3.63, 3.8) is 0 Å². The van der Waals surface area contributed by atoms with Crippen molar-refractivity contribution in [2.24, 2.45) is 0 Å². The number of nitrogens with zero attached hydrogens (tertiary/aromatic N) is 1. The summed E-state index contributed by atoms with van der Waals surface area (Å²) in [6.07, 6.45) is 1.04. The number of rotatable bonds is 10. The van der Waals surface area contributed by atoms with Crippen LogP contribution in [0.2, 0.25) is 0 Å². The molecule has 0 radical (unpaired) electrons. The minimum absolute atomic E-state index is 0.258. The maximum atomic E-state index is 13.3. The largest absolute Gasteiger partial charge is 0.457 e. The zero-order valence-electron chi connectivity index (χ0n) is 22.4. The number of hydrogen-bond acceptors (Lipinski definition) is 5. The maximum Gasteiger partial charge on any atom is 0.253 e. The first-order valence-electron chi connectivity index (χ1n) is 12.7. The van der Waals surface area contributed by atoms with Crippen molar-refractivity contribution in [3.8, 4) is 11.5 Å². The Balaban J connectivity index is 1.51. The van der Waals surface area contributed by atoms with E-state index in [4.69, 9.17) is 4.74 Å². The number of benzene rings is 4. The minimum atomic E-state index is -3.85. The van der Waals surface area contributed by atoms with Crippen LogP contribution in [0.25, 0.3) is 0 Å². The first-order chi connectivity index (χ1) is 19.1. The van der Waals surface area contributed by atoms with Crippen LogP contribution < -0.4 is 19.7 Å². The molecular weight excluding hydrogens is 526 g/mol. The molecule has 0 aliphatic carbocycles. The van der Waals surface area contributed by atoms with Crippen LogP contribution >= 0.6 is 0 Å². The van der Waals surface area contributed by atoms with Gasteiger partial charge in [0, 0.05) is 0 Å². The number of amides is 2. The smallest absolute Gasteiger partial charge is 0.253 e. The number of hydrogen-bond donors (Lipinski definition) is 2. The number of anilines is 2. The van der Waals surface area contributed by atoms with Gasteiger partial charge in [0.15, 0.2) is 0 Å². The average Bonchev–Trinajstić information content (AvgIpc) is 2.94. The maximum absolute atomic E-state index is 13.3. The fourth-order valence-electron chi connectivity index (χ4n) is 4.22. The van der Waals surface area contributed by atoms with Gasteiger partial charge in [0.1, 0.15) is 17.5 Å². The summed E-state index contributed by atoms with van der Waals surface area (Å²) in [5, 5.41) is 5.68. The third-order valence-electron chi connectivity index (χ3n) is 6.24. The molecule has 0 bridgehead atoms. The van der Waals surface area contributed by atoms with E-state index in [1.54, 1.807) is 48.5 Å². The SMILES string of the molecule is C[C@H](C(=O)Nc1ccccc1C(=O)N[C@H](C)c1ccccc1)N(c1ccc(Oc2ccccc2)cc1)S(C)(=O)=O. The van der Waals surface area contributed by atoms with E-state index in [-0.39, 0.29) is 23.2 Å². The number of nitrogens with one attached hydrogen (secondary N) is 2. The van der Waals surface area contributed by atoms with Crippen LogP contribution in [0.1, 0.15) is 35.8 Å². The minimum Gasteiger partial charge on any atom is -0.457 e. The number of carbonyl (C=O) groups is 2. The van der Waals surface area contributed by atoms with Gasteiger partial charge in [0.2, 0.25) is 15.9 Å². The lowest BCUT2D eigenvalue weighted by Gasteiger charge is -2.28. The lowest BCUT2D eigenvalue weighted by atomic mass is 10.1. The summed E-state index contributed by atoms with van der Waals surface area (Å²) in [4.78, 5) is 26.4. The third kappa shape index (κ3) is 7.06. The van der Waals surface area contributed by atoms with Crippen molar-refractivity contribution in [1.82, 2.24) is 5.32 Å². The highest BCUT2D eigenvalue weighted by atomic mass is 32.2. The standard InChI is InChI=1S/C31H31N3O5S/c1-22(24-12-6-4-7-13-24)32-31(36)28-16-10-11-17-29(28)33-30(35)23(2)34(40(3,37)38)25-18-20-27(21-19-25)39-26-14-8-5-9-15-26/h4-23H,1-3H3,(H,32,36)(H,33,35)/t22-,23-/m1/s1. The molecule has 4 aromatic rings. The third-order valence-corrected chi connectivity index (χ3v) is 7.48. The monoisotopic (exact) mass is 557 g/mol. The Morgan fingerprint density at radius 3 is 1.93 bits per heavy atom. The molecule has 0 saturated heterocycles. The predicted molar refractivity (Wildman–Crippen MR) is 157 cm³/mol. The lowest BCUT2D eigenvalue weighted by molar-refractivity contribution is -0.116. The fraction of sp³-hybridized carbons (Fsp3) is 0.161. The van der Waals surface area contributed by atoms with Gasteiger partial charge in [-0.1, -0.05) is 60.7 Å². The quantitative estimate of drug-likeness (QED) is 0.258. The predicted octanol–water partition coefficient (Wildman–Crippen LogP) is 5.76.